The van der Waals surface area contributed by atoms with Gasteiger partial charge in [-0.25, -0.2) is 8.42 Å². The lowest BCUT2D eigenvalue weighted by molar-refractivity contribution is -0.385. The highest BCUT2D eigenvalue weighted by atomic mass is 32.2. The number of ether oxygens (including phenoxy) is 1. The highest BCUT2D eigenvalue weighted by Crippen LogP contribution is 2.30. The molecular formula is C21H24N4O7S. The van der Waals surface area contributed by atoms with Crippen LogP contribution in [0.3, 0.4) is 0 Å². The number of hydrogen-bond donors (Lipinski definition) is 2. The lowest BCUT2D eigenvalue weighted by Crippen LogP contribution is -2.41. The van der Waals surface area contributed by atoms with E-state index < -0.39 is 26.8 Å². The summed E-state index contributed by atoms with van der Waals surface area (Å²) in [5.74, 6) is -1.10. The molecule has 0 aliphatic carbocycles. The fourth-order valence-electron chi connectivity index (χ4n) is 3.67. The Morgan fingerprint density at radius 3 is 2.42 bits per heavy atom. The molecule has 1 saturated heterocycles. The molecule has 0 spiro atoms. The number of aryl methyl sites for hydroxylation is 1. The fourth-order valence-corrected chi connectivity index (χ4v) is 5.39. The molecule has 0 saturated carbocycles. The molecule has 2 aromatic rings. The zero-order valence-electron chi connectivity index (χ0n) is 18.1. The van der Waals surface area contributed by atoms with Crippen molar-refractivity contribution in [2.75, 3.05) is 25.5 Å². The predicted molar refractivity (Wildman–Crippen MR) is 119 cm³/mol. The first kappa shape index (κ1) is 24.1. The van der Waals surface area contributed by atoms with Gasteiger partial charge in [0.15, 0.2) is 0 Å². The second kappa shape index (κ2) is 9.55. The summed E-state index contributed by atoms with van der Waals surface area (Å²) in [7, 11) is -2.53. The van der Waals surface area contributed by atoms with E-state index in [1.807, 2.05) is 0 Å². The lowest BCUT2D eigenvalue weighted by Gasteiger charge is -2.31. The van der Waals surface area contributed by atoms with Gasteiger partial charge in [-0.15, -0.1) is 0 Å². The predicted octanol–water partition coefficient (Wildman–Crippen LogP) is 2.05. The van der Waals surface area contributed by atoms with Gasteiger partial charge in [0.2, 0.25) is 21.8 Å². The van der Waals surface area contributed by atoms with Crippen LogP contribution in [0.25, 0.3) is 0 Å². The number of primary amides is 1. The first-order chi connectivity index (χ1) is 15.5. The van der Waals surface area contributed by atoms with E-state index in [0.717, 1.165) is 6.07 Å². The summed E-state index contributed by atoms with van der Waals surface area (Å²) in [5, 5.41) is 13.8. The molecule has 2 amide bonds. The van der Waals surface area contributed by atoms with Crippen molar-refractivity contribution in [1.29, 1.82) is 0 Å². The molecule has 0 unspecified atom stereocenters. The molecule has 0 atom stereocenters. The number of nitrogens with zero attached hydrogens (tertiary/aromatic N) is 2. The lowest BCUT2D eigenvalue weighted by atomic mass is 9.97. The van der Waals surface area contributed by atoms with Crippen LogP contribution in [-0.4, -0.2) is 49.7 Å². The zero-order valence-corrected chi connectivity index (χ0v) is 18.9. The van der Waals surface area contributed by atoms with Crippen LogP contribution in [0, 0.1) is 23.0 Å². The Hall–Kier alpha value is -3.51. The van der Waals surface area contributed by atoms with Crippen LogP contribution in [0.5, 0.6) is 5.75 Å². The number of benzene rings is 2. The Balaban J connectivity index is 1.72. The van der Waals surface area contributed by atoms with Crippen molar-refractivity contribution < 1.29 is 27.7 Å². The van der Waals surface area contributed by atoms with Gasteiger partial charge < -0.3 is 15.8 Å². The van der Waals surface area contributed by atoms with Gasteiger partial charge in [0.25, 0.3) is 5.69 Å². The van der Waals surface area contributed by atoms with Gasteiger partial charge in [-0.05, 0) is 43.5 Å². The smallest absolute Gasteiger partial charge is 0.270 e. The minimum Gasteiger partial charge on any atom is -0.495 e. The SMILES string of the molecule is COc1ccc(C(N)=O)cc1NC(=O)C1CCN(S(=O)(=O)c2cc([N+](=O)[O-])ccc2C)CC1. The number of piperidine rings is 1. The van der Waals surface area contributed by atoms with Gasteiger partial charge in [0.1, 0.15) is 5.75 Å². The average Bonchev–Trinajstić information content (AvgIpc) is 2.79. The molecule has 0 aromatic heterocycles. The van der Waals surface area contributed by atoms with Crippen molar-refractivity contribution in [3.8, 4) is 5.75 Å². The largest absolute Gasteiger partial charge is 0.495 e. The van der Waals surface area contributed by atoms with Gasteiger partial charge >= 0.3 is 0 Å². The average molecular weight is 477 g/mol. The van der Waals surface area contributed by atoms with E-state index in [2.05, 4.69) is 5.32 Å². The van der Waals surface area contributed by atoms with Crippen LogP contribution in [-0.2, 0) is 14.8 Å². The number of nitro benzene ring substituents is 1. The number of sulfonamides is 1. The van der Waals surface area contributed by atoms with Crippen LogP contribution in [0.4, 0.5) is 11.4 Å². The third-order valence-electron chi connectivity index (χ3n) is 5.57. The number of nitrogens with one attached hydrogen (secondary N) is 1. The molecule has 33 heavy (non-hydrogen) atoms. The summed E-state index contributed by atoms with van der Waals surface area (Å²) in [5.41, 5.74) is 5.90. The van der Waals surface area contributed by atoms with E-state index in [-0.39, 0.29) is 48.0 Å². The molecule has 12 heteroatoms. The molecule has 2 aromatic carbocycles. The Bertz CT molecular complexity index is 1210. The number of nitro groups is 1. The number of amides is 2. The van der Waals surface area contributed by atoms with Crippen LogP contribution in [0.15, 0.2) is 41.3 Å². The molecule has 1 aliphatic heterocycles. The highest BCUT2D eigenvalue weighted by molar-refractivity contribution is 7.89. The third kappa shape index (κ3) is 5.12. The van der Waals surface area contributed by atoms with Crippen molar-refractivity contribution in [1.82, 2.24) is 4.31 Å². The van der Waals surface area contributed by atoms with E-state index in [4.69, 9.17) is 10.5 Å². The Morgan fingerprint density at radius 1 is 1.18 bits per heavy atom. The topological polar surface area (TPSA) is 162 Å². The molecule has 176 valence electrons. The second-order valence-corrected chi connectivity index (χ2v) is 9.56. The summed E-state index contributed by atoms with van der Waals surface area (Å²) in [4.78, 5) is 34.5. The number of carbonyl (C=O) groups is 2. The van der Waals surface area contributed by atoms with E-state index in [1.165, 1.54) is 41.7 Å². The minimum absolute atomic E-state index is 0.0843. The summed E-state index contributed by atoms with van der Waals surface area (Å²) in [6.45, 7) is 1.74. The number of anilines is 1. The van der Waals surface area contributed by atoms with E-state index in [0.29, 0.717) is 17.0 Å². The number of hydrogen-bond acceptors (Lipinski definition) is 7. The quantitative estimate of drug-likeness (QED) is 0.456. The van der Waals surface area contributed by atoms with Crippen molar-refractivity contribution in [2.24, 2.45) is 11.7 Å². The van der Waals surface area contributed by atoms with Gasteiger partial charge in [-0.1, -0.05) is 6.07 Å². The van der Waals surface area contributed by atoms with Gasteiger partial charge in [-0.3, -0.25) is 19.7 Å². The third-order valence-corrected chi connectivity index (χ3v) is 7.61. The normalized spacial score (nSPS) is 15.1. The molecule has 1 fully saturated rings. The van der Waals surface area contributed by atoms with Crippen LogP contribution in [0.2, 0.25) is 0 Å². The maximum atomic E-state index is 13.1. The maximum absolute atomic E-state index is 13.1. The van der Waals surface area contributed by atoms with Gasteiger partial charge in [0.05, 0.1) is 22.6 Å². The summed E-state index contributed by atoms with van der Waals surface area (Å²) < 4.78 is 32.6. The second-order valence-electron chi connectivity index (χ2n) is 7.65. The molecule has 1 aliphatic rings. The van der Waals surface area contributed by atoms with Crippen LogP contribution < -0.4 is 15.8 Å². The van der Waals surface area contributed by atoms with Crippen molar-refractivity contribution in [3.63, 3.8) is 0 Å². The van der Waals surface area contributed by atoms with Gasteiger partial charge in [0, 0.05) is 36.7 Å². The Kier molecular flexibility index (Phi) is 6.98. The van der Waals surface area contributed by atoms with E-state index in [9.17, 15) is 28.1 Å². The molecule has 0 radical (unpaired) electrons. The van der Waals surface area contributed by atoms with Crippen molar-refractivity contribution in [2.45, 2.75) is 24.7 Å². The number of rotatable bonds is 7. The number of nitrogens with two attached hydrogens (primary N) is 1. The van der Waals surface area contributed by atoms with Gasteiger partial charge in [-0.2, -0.15) is 4.31 Å². The molecule has 1 heterocycles. The van der Waals surface area contributed by atoms with Crippen LogP contribution in [0.1, 0.15) is 28.8 Å². The number of carbonyl (C=O) groups excluding carboxylic acids is 2. The Morgan fingerprint density at radius 2 is 1.85 bits per heavy atom. The molecule has 3 rings (SSSR count). The first-order valence-electron chi connectivity index (χ1n) is 10.1. The number of non-ortho nitro benzene ring substituents is 1. The van der Waals surface area contributed by atoms with E-state index in [1.54, 1.807) is 6.92 Å². The summed E-state index contributed by atoms with van der Waals surface area (Å²) in [6.07, 6.45) is 0.522. The first-order valence-corrected chi connectivity index (χ1v) is 11.5. The summed E-state index contributed by atoms with van der Waals surface area (Å²) >= 11 is 0. The molecule has 11 nitrogen and oxygen atoms in total. The minimum atomic E-state index is -3.96. The molecule has 3 N–H and O–H groups in total. The van der Waals surface area contributed by atoms with Crippen LogP contribution >= 0.6 is 0 Å². The van der Waals surface area contributed by atoms with Crippen molar-refractivity contribution >= 4 is 33.2 Å². The van der Waals surface area contributed by atoms with E-state index >= 15 is 0 Å². The zero-order chi connectivity index (χ0) is 24.3. The summed E-state index contributed by atoms with van der Waals surface area (Å²) in [6, 6.07) is 8.14. The monoisotopic (exact) mass is 476 g/mol. The Labute approximate surface area is 190 Å². The maximum Gasteiger partial charge on any atom is 0.270 e. The van der Waals surface area contributed by atoms with Crippen molar-refractivity contribution in [3.05, 3.63) is 57.6 Å². The standard InChI is InChI=1S/C21H24N4O7S/c1-13-3-5-16(25(28)29)12-19(13)33(30,31)24-9-7-14(8-10-24)21(27)23-17-11-15(20(22)26)4-6-18(17)32-2/h3-6,11-12,14H,7-10H2,1-2H3,(H2,22,26)(H,23,27). The highest BCUT2D eigenvalue weighted by Gasteiger charge is 2.34. The molecule has 0 bridgehead atoms. The molecular weight excluding hydrogens is 452 g/mol. The fraction of sp³-hybridized carbons (Fsp3) is 0.333. The number of methoxy groups -OCH3 is 1.